The Hall–Kier alpha value is -0.970. The Labute approximate surface area is 106 Å². The van der Waals surface area contributed by atoms with E-state index in [9.17, 15) is 0 Å². The van der Waals surface area contributed by atoms with Crippen LogP contribution in [0.1, 0.15) is 0 Å². The molecule has 2 aromatic heterocycles. The molecular weight excluding hydrogens is 258 g/mol. The third-order valence-corrected chi connectivity index (χ3v) is 1.54. The number of nitrogens with two attached hydrogens (primary N) is 1. The molecule has 0 saturated carbocycles. The lowest BCUT2D eigenvalue weighted by atomic mass is 10.3. The van der Waals surface area contributed by atoms with Gasteiger partial charge in [0, 0.05) is 6.20 Å². The molecule has 0 radical (unpaired) electrons. The van der Waals surface area contributed by atoms with E-state index in [0.717, 1.165) is 11.4 Å². The fourth-order valence-electron chi connectivity index (χ4n) is 0.989. The fraction of sp³-hybridized carbons (Fsp3) is 0. The quantitative estimate of drug-likeness (QED) is 0.835. The van der Waals surface area contributed by atoms with Crippen molar-refractivity contribution < 1.29 is 0 Å². The first-order valence-electron chi connectivity index (χ1n) is 3.58. The molecule has 0 aromatic carbocycles. The Morgan fingerprint density at radius 1 is 1.07 bits per heavy atom. The van der Waals surface area contributed by atoms with Crippen molar-refractivity contribution in [2.24, 2.45) is 0 Å². The number of aromatic amines is 1. The molecular formula is C8H11Cl3N4. The summed E-state index contributed by atoms with van der Waals surface area (Å²) in [5.74, 6) is 0.413. The number of hydrogen-bond acceptors (Lipinski definition) is 3. The first kappa shape index (κ1) is 16.5. The molecule has 0 unspecified atom stereocenters. The molecule has 0 aliphatic rings. The van der Waals surface area contributed by atoms with Crippen molar-refractivity contribution in [2.45, 2.75) is 0 Å². The largest absolute Gasteiger partial charge is 0.369 e. The minimum atomic E-state index is 0. The normalized spacial score (nSPS) is 8.00. The number of pyridine rings is 1. The molecule has 2 rings (SSSR count). The van der Waals surface area contributed by atoms with E-state index in [1.165, 1.54) is 0 Å². The van der Waals surface area contributed by atoms with E-state index >= 15 is 0 Å². The number of H-pyrrole nitrogens is 1. The minimum Gasteiger partial charge on any atom is -0.369 e. The van der Waals surface area contributed by atoms with Gasteiger partial charge in [-0.15, -0.1) is 37.2 Å². The molecule has 0 aliphatic heterocycles. The Bertz CT molecular complexity index is 376. The van der Waals surface area contributed by atoms with Gasteiger partial charge in [-0.25, -0.2) is 4.98 Å². The molecule has 0 fully saturated rings. The van der Waals surface area contributed by atoms with Gasteiger partial charge in [0.1, 0.15) is 0 Å². The number of nitrogens with zero attached hydrogens (tertiary/aromatic N) is 2. The van der Waals surface area contributed by atoms with Crippen LogP contribution in [0, 0.1) is 0 Å². The second-order valence-corrected chi connectivity index (χ2v) is 2.40. The zero-order valence-corrected chi connectivity index (χ0v) is 10.0. The number of nitrogens with one attached hydrogen (secondary N) is 1. The van der Waals surface area contributed by atoms with E-state index in [1.54, 1.807) is 12.4 Å². The van der Waals surface area contributed by atoms with Crippen LogP contribution in [0.3, 0.4) is 0 Å². The highest BCUT2D eigenvalue weighted by atomic mass is 35.5. The van der Waals surface area contributed by atoms with Gasteiger partial charge in [-0.3, -0.25) is 4.98 Å². The summed E-state index contributed by atoms with van der Waals surface area (Å²) in [6.45, 7) is 0. The highest BCUT2D eigenvalue weighted by Gasteiger charge is 1.99. The molecule has 0 amide bonds. The standard InChI is InChI=1S/C8H8N4.3ClH/c9-8-11-5-7(12-8)6-3-1-2-4-10-6;;;/h1-5H,(H3,9,11,12);3*1H. The summed E-state index contributed by atoms with van der Waals surface area (Å²) < 4.78 is 0. The lowest BCUT2D eigenvalue weighted by molar-refractivity contribution is 1.28. The topological polar surface area (TPSA) is 67.6 Å². The van der Waals surface area contributed by atoms with Gasteiger partial charge < -0.3 is 10.7 Å². The van der Waals surface area contributed by atoms with Crippen molar-refractivity contribution in [3.05, 3.63) is 30.6 Å². The van der Waals surface area contributed by atoms with Crippen molar-refractivity contribution in [1.82, 2.24) is 15.0 Å². The third kappa shape index (κ3) is 3.95. The molecule has 7 heteroatoms. The molecule has 3 N–H and O–H groups in total. The first-order valence-corrected chi connectivity index (χ1v) is 3.58. The van der Waals surface area contributed by atoms with Gasteiger partial charge in [0.25, 0.3) is 0 Å². The first-order chi connectivity index (χ1) is 5.86. The zero-order chi connectivity index (χ0) is 8.39. The number of halogens is 3. The summed E-state index contributed by atoms with van der Waals surface area (Å²) in [5, 5.41) is 0. The van der Waals surface area contributed by atoms with Crippen molar-refractivity contribution >= 4 is 43.2 Å². The van der Waals surface area contributed by atoms with Crippen LogP contribution in [0.2, 0.25) is 0 Å². The van der Waals surface area contributed by atoms with Gasteiger partial charge in [0.05, 0.1) is 17.6 Å². The van der Waals surface area contributed by atoms with Crippen molar-refractivity contribution in [3.8, 4) is 11.4 Å². The van der Waals surface area contributed by atoms with Crippen molar-refractivity contribution in [3.63, 3.8) is 0 Å². The van der Waals surface area contributed by atoms with Crippen LogP contribution in [0.4, 0.5) is 5.95 Å². The fourth-order valence-corrected chi connectivity index (χ4v) is 0.989. The van der Waals surface area contributed by atoms with E-state index in [0.29, 0.717) is 5.95 Å². The molecule has 0 aliphatic carbocycles. The molecule has 2 aromatic rings. The van der Waals surface area contributed by atoms with Gasteiger partial charge in [0.15, 0.2) is 5.95 Å². The smallest absolute Gasteiger partial charge is 0.197 e. The van der Waals surface area contributed by atoms with E-state index in [2.05, 4.69) is 15.0 Å². The number of anilines is 1. The Kier molecular flexibility index (Phi) is 8.05. The second-order valence-electron chi connectivity index (χ2n) is 2.40. The van der Waals surface area contributed by atoms with Crippen LogP contribution in [-0.2, 0) is 0 Å². The lowest BCUT2D eigenvalue weighted by Gasteiger charge is -1.92. The number of nitrogen functional groups attached to an aromatic ring is 1. The van der Waals surface area contributed by atoms with Gasteiger partial charge in [0.2, 0.25) is 0 Å². The van der Waals surface area contributed by atoms with Gasteiger partial charge in [-0.1, -0.05) is 6.07 Å². The second kappa shape index (κ2) is 7.34. The molecule has 4 nitrogen and oxygen atoms in total. The Morgan fingerprint density at radius 2 is 1.80 bits per heavy atom. The average molecular weight is 270 g/mol. The summed E-state index contributed by atoms with van der Waals surface area (Å²) in [4.78, 5) is 10.9. The van der Waals surface area contributed by atoms with Crippen molar-refractivity contribution in [2.75, 3.05) is 5.73 Å². The van der Waals surface area contributed by atoms with E-state index in [-0.39, 0.29) is 37.2 Å². The molecule has 84 valence electrons. The summed E-state index contributed by atoms with van der Waals surface area (Å²) in [7, 11) is 0. The monoisotopic (exact) mass is 268 g/mol. The van der Waals surface area contributed by atoms with E-state index in [1.807, 2.05) is 18.2 Å². The van der Waals surface area contributed by atoms with Crippen LogP contribution in [0.25, 0.3) is 11.4 Å². The summed E-state index contributed by atoms with van der Waals surface area (Å²) >= 11 is 0. The maximum absolute atomic E-state index is 5.42. The van der Waals surface area contributed by atoms with Gasteiger partial charge >= 0.3 is 0 Å². The molecule has 2 heterocycles. The third-order valence-electron chi connectivity index (χ3n) is 1.54. The number of aromatic nitrogens is 3. The predicted molar refractivity (Wildman–Crippen MR) is 68.0 cm³/mol. The van der Waals surface area contributed by atoms with Crippen LogP contribution in [-0.4, -0.2) is 15.0 Å². The highest BCUT2D eigenvalue weighted by molar-refractivity contribution is 5.86. The summed E-state index contributed by atoms with van der Waals surface area (Å²) in [5.41, 5.74) is 7.11. The number of rotatable bonds is 1. The van der Waals surface area contributed by atoms with E-state index < -0.39 is 0 Å². The molecule has 0 spiro atoms. The van der Waals surface area contributed by atoms with Crippen LogP contribution in [0.5, 0.6) is 0 Å². The summed E-state index contributed by atoms with van der Waals surface area (Å²) in [6, 6.07) is 5.68. The predicted octanol–water partition coefficient (Wildman–Crippen LogP) is 2.32. The van der Waals surface area contributed by atoms with Crippen molar-refractivity contribution in [1.29, 1.82) is 0 Å². The molecule has 0 saturated heterocycles. The van der Waals surface area contributed by atoms with Gasteiger partial charge in [-0.2, -0.15) is 0 Å². The lowest BCUT2D eigenvalue weighted by Crippen LogP contribution is -1.86. The minimum absolute atomic E-state index is 0. The maximum Gasteiger partial charge on any atom is 0.197 e. The van der Waals surface area contributed by atoms with E-state index in [4.69, 9.17) is 5.73 Å². The highest BCUT2D eigenvalue weighted by Crippen LogP contribution is 2.13. The Balaban J connectivity index is 0. The van der Waals surface area contributed by atoms with Crippen LogP contribution >= 0.6 is 37.2 Å². The van der Waals surface area contributed by atoms with Crippen LogP contribution < -0.4 is 5.73 Å². The molecule has 0 bridgehead atoms. The molecule has 0 atom stereocenters. The maximum atomic E-state index is 5.42. The molecule has 15 heavy (non-hydrogen) atoms. The zero-order valence-electron chi connectivity index (χ0n) is 7.58. The number of hydrogen-bond donors (Lipinski definition) is 2. The SMILES string of the molecule is Cl.Cl.Cl.Nc1ncc(-c2ccccn2)[nH]1. The average Bonchev–Trinajstić information content (AvgIpc) is 2.54. The van der Waals surface area contributed by atoms with Crippen LogP contribution in [0.15, 0.2) is 30.6 Å². The summed E-state index contributed by atoms with van der Waals surface area (Å²) in [6.07, 6.45) is 3.39. The van der Waals surface area contributed by atoms with Gasteiger partial charge in [-0.05, 0) is 12.1 Å². The Morgan fingerprint density at radius 3 is 2.27 bits per heavy atom. The number of imidazole rings is 1.